The van der Waals surface area contributed by atoms with E-state index in [2.05, 4.69) is 15.0 Å². The quantitative estimate of drug-likeness (QED) is 0.667. The highest BCUT2D eigenvalue weighted by molar-refractivity contribution is 6.28. The van der Waals surface area contributed by atoms with Gasteiger partial charge in [0.1, 0.15) is 5.56 Å². The molecule has 0 fully saturated rings. The molecule has 0 aliphatic rings. The van der Waals surface area contributed by atoms with Crippen LogP contribution in [0.15, 0.2) is 35.2 Å². The number of rotatable bonds is 2. The number of benzene rings is 1. The third-order valence-corrected chi connectivity index (χ3v) is 2.74. The second-order valence-corrected chi connectivity index (χ2v) is 4.25. The molecule has 2 aromatic heterocycles. The number of halogens is 4. The summed E-state index contributed by atoms with van der Waals surface area (Å²) in [5.74, 6) is -0.625. The van der Waals surface area contributed by atoms with Crippen LogP contribution in [0.3, 0.4) is 0 Å². The molecule has 0 saturated carbocycles. The van der Waals surface area contributed by atoms with E-state index in [9.17, 15) is 13.2 Å². The third-order valence-electron chi connectivity index (χ3n) is 2.56. The number of hydrogen-bond acceptors (Lipinski definition) is 5. The van der Waals surface area contributed by atoms with Crippen molar-refractivity contribution in [3.63, 3.8) is 0 Å². The largest absolute Gasteiger partial charge is 0.443 e. The number of nitrogens with zero attached hydrogens (tertiary/aromatic N) is 3. The monoisotopic (exact) mass is 315 g/mol. The van der Waals surface area contributed by atoms with Crippen molar-refractivity contribution < 1.29 is 22.3 Å². The zero-order valence-corrected chi connectivity index (χ0v) is 10.8. The van der Waals surface area contributed by atoms with Gasteiger partial charge in [0.2, 0.25) is 11.2 Å². The molecule has 21 heavy (non-hydrogen) atoms. The van der Waals surface area contributed by atoms with Crippen molar-refractivity contribution >= 4 is 22.7 Å². The first kappa shape index (κ1) is 13.6. The number of aromatic nitrogens is 3. The first-order valence-electron chi connectivity index (χ1n) is 5.55. The zero-order chi connectivity index (χ0) is 15.0. The standard InChI is InChI=1S/C12H5ClF3N3O2/c13-11-17-4-6(12(14,15)16)10(19-11)21-8-3-1-2-7-9(8)18-5-20-7/h1-5H. The fraction of sp³-hybridized carbons (Fsp3) is 0.0833. The summed E-state index contributed by atoms with van der Waals surface area (Å²) in [6.07, 6.45) is -2.94. The Bertz CT molecular complexity index is 804. The van der Waals surface area contributed by atoms with E-state index in [1.54, 1.807) is 12.1 Å². The van der Waals surface area contributed by atoms with Crippen molar-refractivity contribution in [2.75, 3.05) is 0 Å². The predicted molar refractivity (Wildman–Crippen MR) is 66.1 cm³/mol. The summed E-state index contributed by atoms with van der Waals surface area (Å²) in [5.41, 5.74) is -0.478. The number of alkyl halides is 3. The highest BCUT2D eigenvalue weighted by atomic mass is 35.5. The number of hydrogen-bond donors (Lipinski definition) is 0. The molecule has 0 aliphatic carbocycles. The minimum Gasteiger partial charge on any atom is -0.443 e. The fourth-order valence-electron chi connectivity index (χ4n) is 1.67. The normalized spacial score (nSPS) is 11.8. The molecule has 0 atom stereocenters. The Labute approximate surface area is 120 Å². The molecule has 0 spiro atoms. The Morgan fingerprint density at radius 2 is 2.00 bits per heavy atom. The predicted octanol–water partition coefficient (Wildman–Crippen LogP) is 4.08. The Hall–Kier alpha value is -2.35. The molecule has 108 valence electrons. The number of para-hydroxylation sites is 1. The lowest BCUT2D eigenvalue weighted by atomic mass is 10.3. The van der Waals surface area contributed by atoms with Crippen LogP contribution in [-0.4, -0.2) is 15.0 Å². The average Bonchev–Trinajstić information content (AvgIpc) is 2.86. The van der Waals surface area contributed by atoms with Crippen LogP contribution >= 0.6 is 11.6 Å². The molecular formula is C12H5ClF3N3O2. The highest BCUT2D eigenvalue weighted by Gasteiger charge is 2.36. The third kappa shape index (κ3) is 2.62. The molecule has 3 aromatic rings. The molecule has 5 nitrogen and oxygen atoms in total. The van der Waals surface area contributed by atoms with Gasteiger partial charge in [-0.3, -0.25) is 0 Å². The van der Waals surface area contributed by atoms with Gasteiger partial charge in [0.15, 0.2) is 23.2 Å². The fourth-order valence-corrected chi connectivity index (χ4v) is 1.79. The lowest BCUT2D eigenvalue weighted by Crippen LogP contribution is -2.09. The lowest BCUT2D eigenvalue weighted by molar-refractivity contribution is -0.139. The Morgan fingerprint density at radius 1 is 1.19 bits per heavy atom. The summed E-state index contributed by atoms with van der Waals surface area (Å²) < 4.78 is 49.0. The van der Waals surface area contributed by atoms with E-state index in [0.29, 0.717) is 11.8 Å². The number of fused-ring (bicyclic) bond motifs is 1. The molecule has 0 N–H and O–H groups in total. The Kier molecular flexibility index (Phi) is 3.17. The maximum absolute atomic E-state index is 12.9. The second kappa shape index (κ2) is 4.88. The molecule has 9 heteroatoms. The molecule has 0 saturated heterocycles. The lowest BCUT2D eigenvalue weighted by Gasteiger charge is -2.12. The minimum atomic E-state index is -4.67. The van der Waals surface area contributed by atoms with Crippen molar-refractivity contribution in [2.24, 2.45) is 0 Å². The zero-order valence-electron chi connectivity index (χ0n) is 10.1. The molecule has 2 heterocycles. The van der Waals surface area contributed by atoms with Crippen molar-refractivity contribution in [1.82, 2.24) is 15.0 Å². The van der Waals surface area contributed by atoms with Gasteiger partial charge >= 0.3 is 6.18 Å². The summed E-state index contributed by atoms with van der Waals surface area (Å²) in [7, 11) is 0. The van der Waals surface area contributed by atoms with Gasteiger partial charge in [-0.1, -0.05) is 6.07 Å². The van der Waals surface area contributed by atoms with Gasteiger partial charge in [0.25, 0.3) is 0 Å². The van der Waals surface area contributed by atoms with Gasteiger partial charge in [-0.05, 0) is 23.7 Å². The van der Waals surface area contributed by atoms with Gasteiger partial charge < -0.3 is 9.15 Å². The number of ether oxygens (including phenoxy) is 1. The molecule has 3 rings (SSSR count). The summed E-state index contributed by atoms with van der Waals surface area (Å²) in [4.78, 5) is 10.7. The SMILES string of the molecule is FC(F)(F)c1cnc(Cl)nc1Oc1cccc2ocnc12. The minimum absolute atomic E-state index is 0.0708. The van der Waals surface area contributed by atoms with Crippen LogP contribution in [0.1, 0.15) is 5.56 Å². The van der Waals surface area contributed by atoms with Crippen LogP contribution < -0.4 is 4.74 Å². The van der Waals surface area contributed by atoms with E-state index >= 15 is 0 Å². The summed E-state index contributed by atoms with van der Waals surface area (Å²) in [5, 5.41) is -0.356. The van der Waals surface area contributed by atoms with Crippen LogP contribution in [0.5, 0.6) is 11.6 Å². The van der Waals surface area contributed by atoms with E-state index in [0.717, 1.165) is 6.39 Å². The number of oxazole rings is 1. The van der Waals surface area contributed by atoms with Crippen molar-refractivity contribution in [2.45, 2.75) is 6.18 Å². The highest BCUT2D eigenvalue weighted by Crippen LogP contribution is 2.38. The molecule has 0 aliphatic heterocycles. The van der Waals surface area contributed by atoms with Gasteiger partial charge in [0.05, 0.1) is 0 Å². The maximum atomic E-state index is 12.9. The van der Waals surface area contributed by atoms with E-state index in [-0.39, 0.29) is 16.5 Å². The van der Waals surface area contributed by atoms with Gasteiger partial charge in [-0.15, -0.1) is 0 Å². The molecular weight excluding hydrogens is 311 g/mol. The van der Waals surface area contributed by atoms with Crippen LogP contribution in [0.25, 0.3) is 11.1 Å². The second-order valence-electron chi connectivity index (χ2n) is 3.91. The van der Waals surface area contributed by atoms with Crippen molar-refractivity contribution in [1.29, 1.82) is 0 Å². The smallest absolute Gasteiger partial charge is 0.423 e. The first-order chi connectivity index (χ1) is 9.95. The van der Waals surface area contributed by atoms with Crippen molar-refractivity contribution in [3.8, 4) is 11.6 Å². The molecule has 0 unspecified atom stereocenters. The molecule has 0 bridgehead atoms. The van der Waals surface area contributed by atoms with Gasteiger partial charge in [-0.25, -0.2) is 9.97 Å². The summed E-state index contributed by atoms with van der Waals surface area (Å²) in [6, 6.07) is 4.60. The first-order valence-corrected chi connectivity index (χ1v) is 5.93. The average molecular weight is 316 g/mol. The summed E-state index contributed by atoms with van der Waals surface area (Å²) >= 11 is 5.53. The maximum Gasteiger partial charge on any atom is 0.423 e. The van der Waals surface area contributed by atoms with Crippen LogP contribution in [0.4, 0.5) is 13.2 Å². The Morgan fingerprint density at radius 3 is 2.76 bits per heavy atom. The molecule has 0 amide bonds. The van der Waals surface area contributed by atoms with E-state index in [1.807, 2.05) is 0 Å². The Balaban J connectivity index is 2.09. The van der Waals surface area contributed by atoms with E-state index < -0.39 is 17.6 Å². The van der Waals surface area contributed by atoms with Crippen LogP contribution in [-0.2, 0) is 6.18 Å². The van der Waals surface area contributed by atoms with E-state index in [4.69, 9.17) is 20.8 Å². The van der Waals surface area contributed by atoms with Crippen LogP contribution in [0.2, 0.25) is 5.28 Å². The van der Waals surface area contributed by atoms with Crippen molar-refractivity contribution in [3.05, 3.63) is 41.6 Å². The van der Waals surface area contributed by atoms with Crippen LogP contribution in [0, 0.1) is 0 Å². The van der Waals surface area contributed by atoms with E-state index in [1.165, 1.54) is 6.07 Å². The topological polar surface area (TPSA) is 61.0 Å². The van der Waals surface area contributed by atoms with Gasteiger partial charge in [-0.2, -0.15) is 18.2 Å². The van der Waals surface area contributed by atoms with Gasteiger partial charge in [0, 0.05) is 6.20 Å². The molecule has 0 radical (unpaired) electrons. The summed E-state index contributed by atoms with van der Waals surface area (Å²) in [6.45, 7) is 0. The molecule has 1 aromatic carbocycles.